The molecular weight excluding hydrogens is 312 g/mol. The van der Waals surface area contributed by atoms with Gasteiger partial charge in [-0.15, -0.1) is 0 Å². The number of anilines is 1. The van der Waals surface area contributed by atoms with Crippen molar-refractivity contribution in [3.05, 3.63) is 64.7 Å². The summed E-state index contributed by atoms with van der Waals surface area (Å²) < 4.78 is 5.38. The molecule has 1 N–H and O–H groups in total. The van der Waals surface area contributed by atoms with Crippen LogP contribution in [-0.4, -0.2) is 12.5 Å². The number of ether oxygens (including phenoxy) is 1. The van der Waals surface area contributed by atoms with E-state index in [2.05, 4.69) is 5.32 Å². The SMILES string of the molecule is CCOc1cccc(NC(=O)/C(C#N)=C/c2ccccc2Cl)c1. The van der Waals surface area contributed by atoms with Crippen LogP contribution in [0.3, 0.4) is 0 Å². The number of carbonyl (C=O) groups excluding carboxylic acids is 1. The lowest BCUT2D eigenvalue weighted by Gasteiger charge is -2.07. The van der Waals surface area contributed by atoms with E-state index in [1.165, 1.54) is 6.08 Å². The number of benzene rings is 2. The number of carbonyl (C=O) groups is 1. The molecule has 0 atom stereocenters. The summed E-state index contributed by atoms with van der Waals surface area (Å²) in [5.41, 5.74) is 1.14. The van der Waals surface area contributed by atoms with E-state index in [9.17, 15) is 10.1 Å². The first-order valence-corrected chi connectivity index (χ1v) is 7.42. The van der Waals surface area contributed by atoms with Crippen molar-refractivity contribution in [1.82, 2.24) is 0 Å². The van der Waals surface area contributed by atoms with E-state index in [0.717, 1.165) is 0 Å². The van der Waals surface area contributed by atoms with Crippen molar-refractivity contribution < 1.29 is 9.53 Å². The van der Waals surface area contributed by atoms with Crippen molar-refractivity contribution in [2.75, 3.05) is 11.9 Å². The van der Waals surface area contributed by atoms with E-state index in [1.54, 1.807) is 48.5 Å². The van der Waals surface area contributed by atoms with Crippen molar-refractivity contribution >= 4 is 29.3 Å². The molecule has 0 aliphatic rings. The molecule has 0 radical (unpaired) electrons. The highest BCUT2D eigenvalue weighted by Gasteiger charge is 2.11. The third-order valence-electron chi connectivity index (χ3n) is 2.97. The Morgan fingerprint density at radius 2 is 2.09 bits per heavy atom. The number of rotatable bonds is 5. The highest BCUT2D eigenvalue weighted by Crippen LogP contribution is 2.20. The van der Waals surface area contributed by atoms with Gasteiger partial charge in [-0.2, -0.15) is 5.26 Å². The lowest BCUT2D eigenvalue weighted by atomic mass is 10.1. The summed E-state index contributed by atoms with van der Waals surface area (Å²) >= 11 is 6.04. The van der Waals surface area contributed by atoms with Gasteiger partial charge in [-0.25, -0.2) is 0 Å². The van der Waals surface area contributed by atoms with Crippen LogP contribution in [0, 0.1) is 11.3 Å². The van der Waals surface area contributed by atoms with Crippen LogP contribution in [0.5, 0.6) is 5.75 Å². The van der Waals surface area contributed by atoms with Crippen LogP contribution in [0.25, 0.3) is 6.08 Å². The molecule has 2 aromatic rings. The summed E-state index contributed by atoms with van der Waals surface area (Å²) in [5.74, 6) is 0.153. The van der Waals surface area contributed by atoms with Gasteiger partial charge in [-0.3, -0.25) is 4.79 Å². The lowest BCUT2D eigenvalue weighted by Crippen LogP contribution is -2.13. The minimum absolute atomic E-state index is 0.0279. The highest BCUT2D eigenvalue weighted by molar-refractivity contribution is 6.32. The zero-order valence-electron chi connectivity index (χ0n) is 12.5. The van der Waals surface area contributed by atoms with Gasteiger partial charge in [-0.1, -0.05) is 35.9 Å². The van der Waals surface area contributed by atoms with Gasteiger partial charge in [0, 0.05) is 16.8 Å². The first-order valence-electron chi connectivity index (χ1n) is 7.04. The Labute approximate surface area is 140 Å². The molecule has 0 saturated carbocycles. The van der Waals surface area contributed by atoms with Crippen LogP contribution in [0.1, 0.15) is 12.5 Å². The molecule has 0 aliphatic carbocycles. The minimum Gasteiger partial charge on any atom is -0.494 e. The van der Waals surface area contributed by atoms with Gasteiger partial charge < -0.3 is 10.1 Å². The number of amides is 1. The van der Waals surface area contributed by atoms with Gasteiger partial charge >= 0.3 is 0 Å². The van der Waals surface area contributed by atoms with E-state index in [1.807, 2.05) is 13.0 Å². The van der Waals surface area contributed by atoms with Gasteiger partial charge in [-0.05, 0) is 36.8 Å². The quantitative estimate of drug-likeness (QED) is 0.658. The molecule has 116 valence electrons. The van der Waals surface area contributed by atoms with Crippen molar-refractivity contribution in [1.29, 1.82) is 5.26 Å². The predicted molar refractivity (Wildman–Crippen MR) is 91.3 cm³/mol. The van der Waals surface area contributed by atoms with E-state index < -0.39 is 5.91 Å². The number of hydrogen-bond acceptors (Lipinski definition) is 3. The first kappa shape index (κ1) is 16.6. The van der Waals surface area contributed by atoms with Gasteiger partial charge in [0.05, 0.1) is 6.61 Å². The van der Waals surface area contributed by atoms with Crippen molar-refractivity contribution in [2.24, 2.45) is 0 Å². The van der Waals surface area contributed by atoms with E-state index in [0.29, 0.717) is 28.6 Å². The molecule has 0 unspecified atom stereocenters. The number of nitrogens with zero attached hydrogens (tertiary/aromatic N) is 1. The van der Waals surface area contributed by atoms with Gasteiger partial charge in [0.25, 0.3) is 5.91 Å². The maximum Gasteiger partial charge on any atom is 0.266 e. The summed E-state index contributed by atoms with van der Waals surface area (Å²) in [4.78, 5) is 12.2. The van der Waals surface area contributed by atoms with Crippen molar-refractivity contribution in [3.63, 3.8) is 0 Å². The maximum absolute atomic E-state index is 12.2. The molecular formula is C18H15ClN2O2. The number of nitriles is 1. The fourth-order valence-corrected chi connectivity index (χ4v) is 2.12. The summed E-state index contributed by atoms with van der Waals surface area (Å²) in [7, 11) is 0. The predicted octanol–water partition coefficient (Wildman–Crippen LogP) is 4.28. The summed E-state index contributed by atoms with van der Waals surface area (Å²) in [5, 5.41) is 12.4. The Morgan fingerprint density at radius 1 is 1.30 bits per heavy atom. The third kappa shape index (κ3) is 4.60. The number of hydrogen-bond donors (Lipinski definition) is 1. The lowest BCUT2D eigenvalue weighted by molar-refractivity contribution is -0.112. The number of halogens is 1. The summed E-state index contributed by atoms with van der Waals surface area (Å²) in [6.45, 7) is 2.42. The molecule has 4 nitrogen and oxygen atoms in total. The maximum atomic E-state index is 12.2. The molecule has 0 bridgehead atoms. The number of nitrogens with one attached hydrogen (secondary N) is 1. The van der Waals surface area contributed by atoms with Gasteiger partial charge in [0.2, 0.25) is 0 Å². The molecule has 2 rings (SSSR count). The fourth-order valence-electron chi connectivity index (χ4n) is 1.92. The molecule has 0 aliphatic heterocycles. The third-order valence-corrected chi connectivity index (χ3v) is 3.32. The zero-order valence-corrected chi connectivity index (χ0v) is 13.3. The van der Waals surface area contributed by atoms with Crippen molar-refractivity contribution in [3.8, 4) is 11.8 Å². The smallest absolute Gasteiger partial charge is 0.266 e. The average molecular weight is 327 g/mol. The van der Waals surface area contributed by atoms with E-state index in [4.69, 9.17) is 16.3 Å². The molecule has 5 heteroatoms. The van der Waals surface area contributed by atoms with Crippen LogP contribution < -0.4 is 10.1 Å². The topological polar surface area (TPSA) is 62.1 Å². The summed E-state index contributed by atoms with van der Waals surface area (Å²) in [6, 6.07) is 15.9. The van der Waals surface area contributed by atoms with Gasteiger partial charge in [0.15, 0.2) is 0 Å². The van der Waals surface area contributed by atoms with E-state index in [-0.39, 0.29) is 5.57 Å². The van der Waals surface area contributed by atoms with Gasteiger partial charge in [0.1, 0.15) is 17.4 Å². The Bertz CT molecular complexity index is 779. The second kappa shape index (κ2) is 8.02. The van der Waals surface area contributed by atoms with E-state index >= 15 is 0 Å². The second-order valence-corrected chi connectivity index (χ2v) is 5.01. The molecule has 1 amide bonds. The molecule has 0 fully saturated rings. The second-order valence-electron chi connectivity index (χ2n) is 4.61. The minimum atomic E-state index is -0.499. The van der Waals surface area contributed by atoms with Crippen LogP contribution >= 0.6 is 11.6 Å². The molecule has 0 saturated heterocycles. The van der Waals surface area contributed by atoms with Crippen molar-refractivity contribution in [2.45, 2.75) is 6.92 Å². The normalized spacial score (nSPS) is 10.7. The van der Waals surface area contributed by atoms with Crippen LogP contribution in [0.15, 0.2) is 54.1 Å². The highest BCUT2D eigenvalue weighted by atomic mass is 35.5. The molecule has 0 spiro atoms. The Morgan fingerprint density at radius 3 is 2.78 bits per heavy atom. The van der Waals surface area contributed by atoms with Crippen LogP contribution in [-0.2, 0) is 4.79 Å². The molecule has 2 aromatic carbocycles. The Balaban J connectivity index is 2.20. The van der Waals surface area contributed by atoms with Crippen LogP contribution in [0.4, 0.5) is 5.69 Å². The molecule has 23 heavy (non-hydrogen) atoms. The molecule has 0 aromatic heterocycles. The first-order chi connectivity index (χ1) is 11.1. The fraction of sp³-hybridized carbons (Fsp3) is 0.111. The molecule has 0 heterocycles. The van der Waals surface area contributed by atoms with Crippen LogP contribution in [0.2, 0.25) is 5.02 Å². The zero-order chi connectivity index (χ0) is 16.7. The summed E-state index contributed by atoms with van der Waals surface area (Å²) in [6.07, 6.45) is 1.46. The Kier molecular flexibility index (Phi) is 5.79. The largest absolute Gasteiger partial charge is 0.494 e. The average Bonchev–Trinajstić information content (AvgIpc) is 2.54. The standard InChI is InChI=1S/C18H15ClN2O2/c1-2-23-16-8-5-7-15(11-16)21-18(22)14(12-20)10-13-6-3-4-9-17(13)19/h3-11H,2H2,1H3,(H,21,22)/b14-10+. The Hall–Kier alpha value is -2.77. The monoisotopic (exact) mass is 326 g/mol.